The van der Waals surface area contributed by atoms with Gasteiger partial charge in [-0.1, -0.05) is 6.92 Å². The van der Waals surface area contributed by atoms with Crippen molar-refractivity contribution in [3.05, 3.63) is 35.4 Å². The molecule has 0 fully saturated rings. The lowest BCUT2D eigenvalue weighted by Gasteiger charge is -2.19. The first kappa shape index (κ1) is 14.5. The fourth-order valence-electron chi connectivity index (χ4n) is 1.70. The minimum absolute atomic E-state index is 0.0990. The first-order chi connectivity index (χ1) is 8.19. The van der Waals surface area contributed by atoms with Crippen molar-refractivity contribution in [2.24, 2.45) is 0 Å². The lowest BCUT2D eigenvalue weighted by molar-refractivity contribution is 0.485. The quantitative estimate of drug-likeness (QED) is 0.800. The summed E-state index contributed by atoms with van der Waals surface area (Å²) in [7, 11) is 0. The summed E-state index contributed by atoms with van der Waals surface area (Å²) in [6, 6.07) is 3.55. The smallest absolute Gasteiger partial charge is 0.128 e. The van der Waals surface area contributed by atoms with Crippen molar-refractivity contribution in [1.29, 1.82) is 0 Å². The Morgan fingerprint density at radius 2 is 2.12 bits per heavy atom. The summed E-state index contributed by atoms with van der Waals surface area (Å²) in [6.45, 7) is 2.87. The summed E-state index contributed by atoms with van der Waals surface area (Å²) >= 11 is 1.71. The number of nitrogens with one attached hydrogen (secondary N) is 1. The van der Waals surface area contributed by atoms with Crippen LogP contribution in [0.15, 0.2) is 18.2 Å². The van der Waals surface area contributed by atoms with E-state index < -0.39 is 0 Å². The number of thioether (sulfide) groups is 1. The van der Waals surface area contributed by atoms with Crippen molar-refractivity contribution in [3.8, 4) is 0 Å². The van der Waals surface area contributed by atoms with Gasteiger partial charge in [-0.25, -0.2) is 8.78 Å². The van der Waals surface area contributed by atoms with Gasteiger partial charge in [0.2, 0.25) is 0 Å². The highest BCUT2D eigenvalue weighted by atomic mass is 32.2. The molecule has 1 rings (SSSR count). The molecule has 4 heteroatoms. The molecule has 1 atom stereocenters. The van der Waals surface area contributed by atoms with E-state index in [1.54, 1.807) is 11.8 Å². The topological polar surface area (TPSA) is 12.0 Å². The zero-order chi connectivity index (χ0) is 12.7. The van der Waals surface area contributed by atoms with Crippen LogP contribution in [0, 0.1) is 11.6 Å². The van der Waals surface area contributed by atoms with Crippen molar-refractivity contribution in [1.82, 2.24) is 5.32 Å². The van der Waals surface area contributed by atoms with Crippen LogP contribution in [0.2, 0.25) is 0 Å². The number of benzene rings is 1. The molecular formula is C13H19F2NS. The normalized spacial score (nSPS) is 12.7. The molecule has 0 amide bonds. The maximum absolute atomic E-state index is 13.7. The Balaban J connectivity index is 2.82. The van der Waals surface area contributed by atoms with Crippen LogP contribution in [0.5, 0.6) is 0 Å². The van der Waals surface area contributed by atoms with Gasteiger partial charge in [-0.05, 0) is 49.6 Å². The van der Waals surface area contributed by atoms with Gasteiger partial charge in [-0.2, -0.15) is 11.8 Å². The molecule has 0 radical (unpaired) electrons. The minimum Gasteiger partial charge on any atom is -0.310 e. The Bertz CT molecular complexity index is 336. The van der Waals surface area contributed by atoms with Gasteiger partial charge >= 0.3 is 0 Å². The van der Waals surface area contributed by atoms with E-state index in [1.165, 1.54) is 12.1 Å². The number of halogens is 2. The van der Waals surface area contributed by atoms with E-state index in [9.17, 15) is 8.78 Å². The predicted octanol–water partition coefficient (Wildman–Crippen LogP) is 3.76. The van der Waals surface area contributed by atoms with Gasteiger partial charge in [0.25, 0.3) is 0 Å². The van der Waals surface area contributed by atoms with Gasteiger partial charge in [-0.3, -0.25) is 0 Å². The monoisotopic (exact) mass is 259 g/mol. The highest BCUT2D eigenvalue weighted by molar-refractivity contribution is 7.98. The Morgan fingerprint density at radius 3 is 2.76 bits per heavy atom. The molecule has 0 saturated heterocycles. The van der Waals surface area contributed by atoms with Crippen LogP contribution in [0.4, 0.5) is 8.78 Å². The van der Waals surface area contributed by atoms with E-state index in [2.05, 4.69) is 12.2 Å². The molecule has 0 bridgehead atoms. The Labute approximate surface area is 106 Å². The van der Waals surface area contributed by atoms with E-state index in [0.717, 1.165) is 31.2 Å². The van der Waals surface area contributed by atoms with Crippen LogP contribution in [0.1, 0.15) is 31.4 Å². The van der Waals surface area contributed by atoms with Crippen molar-refractivity contribution >= 4 is 11.8 Å². The highest BCUT2D eigenvalue weighted by Gasteiger charge is 2.15. The molecule has 0 aliphatic rings. The molecule has 1 nitrogen and oxygen atoms in total. The third kappa shape index (κ3) is 4.64. The van der Waals surface area contributed by atoms with Gasteiger partial charge < -0.3 is 5.32 Å². The van der Waals surface area contributed by atoms with Crippen molar-refractivity contribution in [3.63, 3.8) is 0 Å². The fraction of sp³-hybridized carbons (Fsp3) is 0.538. The van der Waals surface area contributed by atoms with Gasteiger partial charge in [0, 0.05) is 11.6 Å². The molecule has 0 spiro atoms. The average molecular weight is 259 g/mol. The van der Waals surface area contributed by atoms with E-state index in [-0.39, 0.29) is 17.7 Å². The van der Waals surface area contributed by atoms with Crippen LogP contribution >= 0.6 is 11.8 Å². The molecular weight excluding hydrogens is 240 g/mol. The van der Waals surface area contributed by atoms with E-state index in [1.807, 2.05) is 6.26 Å². The summed E-state index contributed by atoms with van der Waals surface area (Å²) < 4.78 is 26.8. The minimum atomic E-state index is -0.381. The largest absolute Gasteiger partial charge is 0.310 e. The second kappa shape index (κ2) is 7.67. The van der Waals surface area contributed by atoms with Crippen molar-refractivity contribution < 1.29 is 8.78 Å². The SMILES string of the molecule is CCCNC(CCSC)c1cc(F)ccc1F. The number of hydrogen-bond donors (Lipinski definition) is 1. The van der Waals surface area contributed by atoms with Crippen LogP contribution in [0.25, 0.3) is 0 Å². The molecule has 0 aliphatic heterocycles. The summed E-state index contributed by atoms with van der Waals surface area (Å²) in [5, 5.41) is 3.27. The maximum atomic E-state index is 13.7. The summed E-state index contributed by atoms with van der Waals surface area (Å²) in [5.41, 5.74) is 0.438. The van der Waals surface area contributed by atoms with Gasteiger partial charge in [0.05, 0.1) is 0 Å². The molecule has 0 heterocycles. The molecule has 0 saturated carbocycles. The van der Waals surface area contributed by atoms with Crippen molar-refractivity contribution in [2.45, 2.75) is 25.8 Å². The molecule has 1 unspecified atom stereocenters. The van der Waals surface area contributed by atoms with Crippen LogP contribution < -0.4 is 5.32 Å². The summed E-state index contributed by atoms with van der Waals surface area (Å²) in [5.74, 6) is 0.215. The molecule has 0 aromatic heterocycles. The van der Waals surface area contributed by atoms with Crippen LogP contribution in [-0.4, -0.2) is 18.6 Å². The highest BCUT2D eigenvalue weighted by Crippen LogP contribution is 2.22. The Hall–Kier alpha value is -0.610. The zero-order valence-electron chi connectivity index (χ0n) is 10.3. The standard InChI is InChI=1S/C13H19F2NS/c1-3-7-16-13(6-8-17-2)11-9-10(14)4-5-12(11)15/h4-5,9,13,16H,3,6-8H2,1-2H3. The molecule has 1 N–H and O–H groups in total. The number of hydrogen-bond acceptors (Lipinski definition) is 2. The Kier molecular flexibility index (Phi) is 6.52. The lowest BCUT2D eigenvalue weighted by Crippen LogP contribution is -2.23. The molecule has 1 aromatic rings. The average Bonchev–Trinajstić information content (AvgIpc) is 2.33. The third-order valence-electron chi connectivity index (χ3n) is 2.58. The van der Waals surface area contributed by atoms with Crippen molar-refractivity contribution in [2.75, 3.05) is 18.6 Å². The summed E-state index contributed by atoms with van der Waals surface area (Å²) in [4.78, 5) is 0. The lowest BCUT2D eigenvalue weighted by atomic mass is 10.0. The van der Waals surface area contributed by atoms with E-state index in [4.69, 9.17) is 0 Å². The van der Waals surface area contributed by atoms with E-state index in [0.29, 0.717) is 5.56 Å². The molecule has 0 aliphatic carbocycles. The zero-order valence-corrected chi connectivity index (χ0v) is 11.1. The van der Waals surface area contributed by atoms with Crippen LogP contribution in [0.3, 0.4) is 0 Å². The number of rotatable bonds is 7. The molecule has 17 heavy (non-hydrogen) atoms. The first-order valence-electron chi connectivity index (χ1n) is 5.86. The third-order valence-corrected chi connectivity index (χ3v) is 3.23. The van der Waals surface area contributed by atoms with Gasteiger partial charge in [-0.15, -0.1) is 0 Å². The first-order valence-corrected chi connectivity index (χ1v) is 7.25. The fourth-order valence-corrected chi connectivity index (χ4v) is 2.17. The van der Waals surface area contributed by atoms with Crippen LogP contribution in [-0.2, 0) is 0 Å². The second-order valence-electron chi connectivity index (χ2n) is 3.95. The molecule has 1 aromatic carbocycles. The molecule has 96 valence electrons. The Morgan fingerprint density at radius 1 is 1.35 bits per heavy atom. The summed E-state index contributed by atoms with van der Waals surface area (Å²) in [6.07, 6.45) is 3.80. The van der Waals surface area contributed by atoms with Gasteiger partial charge in [0.15, 0.2) is 0 Å². The van der Waals surface area contributed by atoms with E-state index >= 15 is 0 Å². The maximum Gasteiger partial charge on any atom is 0.128 e. The second-order valence-corrected chi connectivity index (χ2v) is 4.94. The van der Waals surface area contributed by atoms with Gasteiger partial charge in [0.1, 0.15) is 11.6 Å². The predicted molar refractivity (Wildman–Crippen MR) is 70.4 cm³/mol.